The molecular weight excluding hydrogens is 238 g/mol. The van der Waals surface area contributed by atoms with Crippen LogP contribution >= 0.6 is 23.5 Å². The monoisotopic (exact) mass is 253 g/mol. The molecule has 0 saturated heterocycles. The fourth-order valence-electron chi connectivity index (χ4n) is 1.44. The molecule has 1 heterocycles. The standard InChI is InChI=1S/C11H15N3S2/c1-15-5-2-6-16-11-13-9-4-3-8(12)7-10(9)14-11/h3-4,7H,2,5-6,12H2,1H3,(H,13,14). The average molecular weight is 253 g/mol. The summed E-state index contributed by atoms with van der Waals surface area (Å²) < 4.78 is 0. The molecule has 3 nitrogen and oxygen atoms in total. The van der Waals surface area contributed by atoms with E-state index in [0.29, 0.717) is 0 Å². The number of aromatic amines is 1. The Morgan fingerprint density at radius 3 is 3.06 bits per heavy atom. The number of thioether (sulfide) groups is 2. The first-order chi connectivity index (χ1) is 7.79. The fraction of sp³-hybridized carbons (Fsp3) is 0.364. The number of hydrogen-bond donors (Lipinski definition) is 2. The van der Waals surface area contributed by atoms with Crippen molar-refractivity contribution in [1.29, 1.82) is 0 Å². The molecule has 0 fully saturated rings. The number of fused-ring (bicyclic) bond motifs is 1. The molecule has 0 bridgehead atoms. The molecule has 0 radical (unpaired) electrons. The molecule has 0 atom stereocenters. The molecule has 0 aliphatic carbocycles. The second-order valence-electron chi connectivity index (χ2n) is 3.51. The number of hydrogen-bond acceptors (Lipinski definition) is 4. The summed E-state index contributed by atoms with van der Waals surface area (Å²) in [7, 11) is 0. The zero-order chi connectivity index (χ0) is 11.4. The highest BCUT2D eigenvalue weighted by atomic mass is 32.2. The van der Waals surface area contributed by atoms with Crippen LogP contribution in [0.5, 0.6) is 0 Å². The number of rotatable bonds is 5. The van der Waals surface area contributed by atoms with Gasteiger partial charge >= 0.3 is 0 Å². The van der Waals surface area contributed by atoms with E-state index in [1.807, 2.05) is 30.0 Å². The molecule has 1 aromatic heterocycles. The molecule has 0 aliphatic heterocycles. The van der Waals surface area contributed by atoms with Crippen LogP contribution in [0.15, 0.2) is 23.4 Å². The van der Waals surface area contributed by atoms with E-state index >= 15 is 0 Å². The van der Waals surface area contributed by atoms with Gasteiger partial charge in [-0.3, -0.25) is 0 Å². The molecule has 3 N–H and O–H groups in total. The predicted octanol–water partition coefficient (Wildman–Crippen LogP) is 2.99. The molecule has 5 heteroatoms. The summed E-state index contributed by atoms with van der Waals surface area (Å²) in [5, 5.41) is 0.988. The van der Waals surface area contributed by atoms with Gasteiger partial charge in [0.2, 0.25) is 0 Å². The van der Waals surface area contributed by atoms with Crippen molar-refractivity contribution in [3.8, 4) is 0 Å². The van der Waals surface area contributed by atoms with Crippen molar-refractivity contribution >= 4 is 40.2 Å². The number of benzene rings is 1. The van der Waals surface area contributed by atoms with Crippen LogP contribution in [0.4, 0.5) is 5.69 Å². The van der Waals surface area contributed by atoms with E-state index in [9.17, 15) is 0 Å². The lowest BCUT2D eigenvalue weighted by atomic mass is 10.3. The third-order valence-electron chi connectivity index (χ3n) is 2.22. The highest BCUT2D eigenvalue weighted by Gasteiger charge is 2.02. The first kappa shape index (κ1) is 11.7. The summed E-state index contributed by atoms with van der Waals surface area (Å²) in [5.41, 5.74) is 8.50. The SMILES string of the molecule is CSCCCSc1nc2ccc(N)cc2[nH]1. The Balaban J connectivity index is 2.02. The van der Waals surface area contributed by atoms with E-state index in [4.69, 9.17) is 5.73 Å². The molecule has 0 saturated carbocycles. The fourth-order valence-corrected chi connectivity index (χ4v) is 2.89. The van der Waals surface area contributed by atoms with Gasteiger partial charge in [0.05, 0.1) is 11.0 Å². The van der Waals surface area contributed by atoms with Gasteiger partial charge in [-0.05, 0) is 36.6 Å². The number of anilines is 1. The quantitative estimate of drug-likeness (QED) is 0.488. The minimum absolute atomic E-state index is 0.773. The summed E-state index contributed by atoms with van der Waals surface area (Å²) in [6, 6.07) is 5.76. The van der Waals surface area contributed by atoms with Crippen molar-refractivity contribution in [3.05, 3.63) is 18.2 Å². The maximum absolute atomic E-state index is 5.72. The van der Waals surface area contributed by atoms with E-state index in [0.717, 1.165) is 27.6 Å². The van der Waals surface area contributed by atoms with Gasteiger partial charge in [0.1, 0.15) is 0 Å². The van der Waals surface area contributed by atoms with Gasteiger partial charge in [-0.1, -0.05) is 11.8 Å². The zero-order valence-corrected chi connectivity index (χ0v) is 10.8. The Bertz CT molecular complexity index is 467. The third-order valence-corrected chi connectivity index (χ3v) is 3.87. The Hall–Kier alpha value is -0.810. The van der Waals surface area contributed by atoms with E-state index in [1.165, 1.54) is 12.2 Å². The maximum Gasteiger partial charge on any atom is 0.166 e. The van der Waals surface area contributed by atoms with Crippen LogP contribution in [0.3, 0.4) is 0 Å². The average Bonchev–Trinajstić information content (AvgIpc) is 2.66. The zero-order valence-electron chi connectivity index (χ0n) is 9.19. The molecule has 1 aromatic carbocycles. The lowest BCUT2D eigenvalue weighted by Crippen LogP contribution is -1.84. The minimum atomic E-state index is 0.773. The number of nitrogens with zero attached hydrogens (tertiary/aromatic N) is 1. The van der Waals surface area contributed by atoms with Crippen LogP contribution in [0, 0.1) is 0 Å². The largest absolute Gasteiger partial charge is 0.399 e. The van der Waals surface area contributed by atoms with Crippen molar-refractivity contribution in [2.24, 2.45) is 0 Å². The Morgan fingerprint density at radius 2 is 2.25 bits per heavy atom. The molecule has 86 valence electrons. The summed E-state index contributed by atoms with van der Waals surface area (Å²) >= 11 is 3.65. The van der Waals surface area contributed by atoms with Crippen molar-refractivity contribution in [2.45, 2.75) is 11.6 Å². The number of nitrogen functional groups attached to an aromatic ring is 1. The van der Waals surface area contributed by atoms with Gasteiger partial charge in [-0.15, -0.1) is 0 Å². The van der Waals surface area contributed by atoms with Crippen molar-refractivity contribution in [3.63, 3.8) is 0 Å². The van der Waals surface area contributed by atoms with Crippen LogP contribution in [0.2, 0.25) is 0 Å². The second kappa shape index (κ2) is 5.50. The molecule has 0 aliphatic rings. The second-order valence-corrected chi connectivity index (χ2v) is 5.58. The van der Waals surface area contributed by atoms with Gasteiger partial charge in [0, 0.05) is 11.4 Å². The van der Waals surface area contributed by atoms with Gasteiger partial charge in [-0.2, -0.15) is 11.8 Å². The van der Waals surface area contributed by atoms with Crippen LogP contribution < -0.4 is 5.73 Å². The number of nitrogens with two attached hydrogens (primary N) is 1. The van der Waals surface area contributed by atoms with E-state index in [2.05, 4.69) is 16.2 Å². The Kier molecular flexibility index (Phi) is 4.01. The highest BCUT2D eigenvalue weighted by molar-refractivity contribution is 7.99. The molecule has 0 unspecified atom stereocenters. The van der Waals surface area contributed by atoms with Gasteiger partial charge in [0.15, 0.2) is 5.16 Å². The molecule has 0 spiro atoms. The van der Waals surface area contributed by atoms with Crippen LogP contribution in [-0.2, 0) is 0 Å². The minimum Gasteiger partial charge on any atom is -0.399 e. The summed E-state index contributed by atoms with van der Waals surface area (Å²) in [4.78, 5) is 7.77. The summed E-state index contributed by atoms with van der Waals surface area (Å²) in [5.74, 6) is 2.32. The number of aromatic nitrogens is 2. The molecule has 2 rings (SSSR count). The molecular formula is C11H15N3S2. The van der Waals surface area contributed by atoms with Crippen LogP contribution in [0.1, 0.15) is 6.42 Å². The lowest BCUT2D eigenvalue weighted by molar-refractivity contribution is 1.06. The normalized spacial score (nSPS) is 11.1. The molecule has 0 amide bonds. The molecule has 16 heavy (non-hydrogen) atoms. The lowest BCUT2D eigenvalue weighted by Gasteiger charge is -1.95. The van der Waals surface area contributed by atoms with Gasteiger partial charge in [0.25, 0.3) is 0 Å². The number of H-pyrrole nitrogens is 1. The summed E-state index contributed by atoms with van der Waals surface area (Å²) in [6.07, 6.45) is 3.35. The van der Waals surface area contributed by atoms with Crippen molar-refractivity contribution < 1.29 is 0 Å². The van der Waals surface area contributed by atoms with Crippen LogP contribution in [-0.4, -0.2) is 27.7 Å². The third kappa shape index (κ3) is 2.86. The predicted molar refractivity (Wildman–Crippen MR) is 74.2 cm³/mol. The Morgan fingerprint density at radius 1 is 1.38 bits per heavy atom. The summed E-state index contributed by atoms with van der Waals surface area (Å²) in [6.45, 7) is 0. The molecule has 2 aromatic rings. The Labute approximate surface area is 104 Å². The first-order valence-electron chi connectivity index (χ1n) is 5.16. The van der Waals surface area contributed by atoms with Crippen molar-refractivity contribution in [1.82, 2.24) is 9.97 Å². The van der Waals surface area contributed by atoms with Crippen LogP contribution in [0.25, 0.3) is 11.0 Å². The van der Waals surface area contributed by atoms with E-state index in [-0.39, 0.29) is 0 Å². The van der Waals surface area contributed by atoms with E-state index in [1.54, 1.807) is 11.8 Å². The van der Waals surface area contributed by atoms with Crippen molar-refractivity contribution in [2.75, 3.05) is 23.5 Å². The number of nitrogens with one attached hydrogen (secondary N) is 1. The highest BCUT2D eigenvalue weighted by Crippen LogP contribution is 2.21. The smallest absolute Gasteiger partial charge is 0.166 e. The van der Waals surface area contributed by atoms with Gasteiger partial charge < -0.3 is 10.7 Å². The van der Waals surface area contributed by atoms with Gasteiger partial charge in [-0.25, -0.2) is 4.98 Å². The first-order valence-corrected chi connectivity index (χ1v) is 7.54. The maximum atomic E-state index is 5.72. The topological polar surface area (TPSA) is 54.7 Å². The number of imidazole rings is 1. The van der Waals surface area contributed by atoms with E-state index < -0.39 is 0 Å².